The second-order valence-electron chi connectivity index (χ2n) is 12.3. The quantitative estimate of drug-likeness (QED) is 0.0638. The summed E-state index contributed by atoms with van der Waals surface area (Å²) < 4.78 is 81.9. The molecule has 0 unspecified atom stereocenters. The summed E-state index contributed by atoms with van der Waals surface area (Å²) in [4.78, 5) is 17.3. The van der Waals surface area contributed by atoms with E-state index in [4.69, 9.17) is 10.4 Å². The van der Waals surface area contributed by atoms with Crippen molar-refractivity contribution in [2.45, 2.75) is 62.6 Å². The molecule has 0 radical (unpaired) electrons. The summed E-state index contributed by atoms with van der Waals surface area (Å²) in [6.07, 6.45) is -13.2. The first kappa shape index (κ1) is 37.8. The topological polar surface area (TPSA) is 129 Å². The lowest BCUT2D eigenvalue weighted by Gasteiger charge is -2.36. The fourth-order valence-electron chi connectivity index (χ4n) is 6.40. The van der Waals surface area contributed by atoms with E-state index in [1.165, 1.54) is 34.1 Å². The highest BCUT2D eigenvalue weighted by Gasteiger charge is 2.47. The van der Waals surface area contributed by atoms with Gasteiger partial charge in [-0.1, -0.05) is 107 Å². The summed E-state index contributed by atoms with van der Waals surface area (Å²) in [6, 6.07) is 24.2. The van der Waals surface area contributed by atoms with Crippen LogP contribution in [0.1, 0.15) is 33.4 Å². The van der Waals surface area contributed by atoms with Crippen molar-refractivity contribution in [3.05, 3.63) is 143 Å². The zero-order valence-corrected chi connectivity index (χ0v) is 27.3. The van der Waals surface area contributed by atoms with Gasteiger partial charge in [-0.05, 0) is 47.2 Å². The normalized spacial score (nSPS) is 20.6. The molecule has 1 aliphatic rings. The van der Waals surface area contributed by atoms with Crippen molar-refractivity contribution < 1.29 is 51.8 Å². The molecule has 4 N–H and O–H groups in total. The average molecular weight is 729 g/mol. The SMILES string of the molecule is O=C1N(Cc2cccc(/C(=N/O)C(F)(F)F)c2)[C@H](Cc2ccccc2)[C@H](O)[C@@H](O)[C@@H](Cc2ccccc2)N1Cc1cccc(/C(=N\O)C(F)(F)F)c1. The van der Waals surface area contributed by atoms with E-state index in [2.05, 4.69) is 10.3 Å². The van der Waals surface area contributed by atoms with Crippen molar-refractivity contribution in [2.24, 2.45) is 10.3 Å². The van der Waals surface area contributed by atoms with Crippen LogP contribution in [0.2, 0.25) is 0 Å². The van der Waals surface area contributed by atoms with Gasteiger partial charge in [-0.25, -0.2) is 4.79 Å². The van der Waals surface area contributed by atoms with Gasteiger partial charge in [-0.15, -0.1) is 0 Å². The van der Waals surface area contributed by atoms with Crippen LogP contribution in [0, 0.1) is 0 Å². The molecule has 2 amide bonds. The maximum Gasteiger partial charge on any atom is 0.437 e. The third-order valence-electron chi connectivity index (χ3n) is 8.85. The zero-order valence-electron chi connectivity index (χ0n) is 27.3. The molecule has 274 valence electrons. The summed E-state index contributed by atoms with van der Waals surface area (Å²) in [5, 5.41) is 46.9. The highest BCUT2D eigenvalue weighted by atomic mass is 19.4. The monoisotopic (exact) mass is 728 g/mol. The minimum Gasteiger partial charge on any atom is -0.410 e. The molecule has 0 spiro atoms. The van der Waals surface area contributed by atoms with Crippen molar-refractivity contribution in [3.63, 3.8) is 0 Å². The number of urea groups is 1. The molecule has 1 fully saturated rings. The molecule has 4 aromatic rings. The number of carbonyl (C=O) groups excluding carboxylic acids is 1. The Bertz CT molecular complexity index is 1750. The molecule has 52 heavy (non-hydrogen) atoms. The maximum atomic E-state index is 14.9. The molecular formula is C37H34F6N4O5. The zero-order chi connectivity index (χ0) is 37.6. The Morgan fingerprint density at radius 1 is 0.558 bits per heavy atom. The van der Waals surface area contributed by atoms with Gasteiger partial charge >= 0.3 is 18.4 Å². The van der Waals surface area contributed by atoms with Crippen LogP contribution >= 0.6 is 0 Å². The summed E-state index contributed by atoms with van der Waals surface area (Å²) in [6.45, 7) is -0.761. The van der Waals surface area contributed by atoms with Crippen molar-refractivity contribution >= 4 is 17.5 Å². The Morgan fingerprint density at radius 2 is 0.904 bits per heavy atom. The van der Waals surface area contributed by atoms with Crippen LogP contribution in [-0.4, -0.2) is 84.5 Å². The minimum atomic E-state index is -5.01. The Kier molecular flexibility index (Phi) is 11.5. The summed E-state index contributed by atoms with van der Waals surface area (Å²) in [7, 11) is 0. The number of alkyl halides is 6. The number of hydrogen-bond donors (Lipinski definition) is 4. The average Bonchev–Trinajstić information content (AvgIpc) is 3.16. The lowest BCUT2D eigenvalue weighted by molar-refractivity contribution is -0.0610. The fraction of sp³-hybridized carbons (Fsp3) is 0.270. The van der Waals surface area contributed by atoms with Crippen molar-refractivity contribution in [1.82, 2.24) is 9.80 Å². The van der Waals surface area contributed by atoms with Gasteiger partial charge in [0.1, 0.15) is 12.2 Å². The first-order valence-corrected chi connectivity index (χ1v) is 16.0. The van der Waals surface area contributed by atoms with Gasteiger partial charge in [0, 0.05) is 24.2 Å². The van der Waals surface area contributed by atoms with E-state index in [1.807, 2.05) is 0 Å². The molecule has 9 nitrogen and oxygen atoms in total. The maximum absolute atomic E-state index is 14.9. The van der Waals surface area contributed by atoms with E-state index >= 15 is 0 Å². The Balaban J connectivity index is 1.63. The number of carbonyl (C=O) groups is 1. The van der Waals surface area contributed by atoms with Crippen LogP contribution in [0.15, 0.2) is 120 Å². The van der Waals surface area contributed by atoms with Crippen molar-refractivity contribution in [3.8, 4) is 0 Å². The Morgan fingerprint density at radius 3 is 1.23 bits per heavy atom. The molecule has 0 aliphatic carbocycles. The molecule has 0 aromatic heterocycles. The molecule has 1 heterocycles. The number of halogens is 6. The largest absolute Gasteiger partial charge is 0.437 e. The third kappa shape index (κ3) is 8.72. The minimum absolute atomic E-state index is 0.0136. The van der Waals surface area contributed by atoms with Crippen LogP contribution in [-0.2, 0) is 25.9 Å². The van der Waals surface area contributed by atoms with E-state index < -0.39 is 65.2 Å². The lowest BCUT2D eigenvalue weighted by Crippen LogP contribution is -2.50. The number of rotatable bonds is 10. The standard InChI is InChI=1S/C37H34F6N4O5/c38-36(39,40)33(44-51)27-15-7-13-25(17-27)21-46-29(19-23-9-3-1-4-10-23)31(48)32(49)30(20-24-11-5-2-6-12-24)47(35(46)50)22-26-14-8-16-28(18-26)34(45-52)37(41,42)43/h1-18,29-32,48-49,51-52H,19-22H2/b44-33-,45-34+/t29-,30-,31+,32+/m1/s1. The smallest absolute Gasteiger partial charge is 0.410 e. The van der Waals surface area contributed by atoms with E-state index in [0.717, 1.165) is 24.3 Å². The number of amides is 2. The summed E-state index contributed by atoms with van der Waals surface area (Å²) in [5.41, 5.74) is -2.46. The van der Waals surface area contributed by atoms with Crippen LogP contribution in [0.3, 0.4) is 0 Å². The fourth-order valence-corrected chi connectivity index (χ4v) is 6.40. The van der Waals surface area contributed by atoms with E-state index in [0.29, 0.717) is 11.1 Å². The van der Waals surface area contributed by atoms with Gasteiger partial charge in [0.2, 0.25) is 0 Å². The van der Waals surface area contributed by atoms with Gasteiger partial charge in [0.25, 0.3) is 0 Å². The molecule has 0 bridgehead atoms. The van der Waals surface area contributed by atoms with Crippen molar-refractivity contribution in [1.29, 1.82) is 0 Å². The van der Waals surface area contributed by atoms with Crippen LogP contribution in [0.5, 0.6) is 0 Å². The number of aliphatic hydroxyl groups is 2. The van der Waals surface area contributed by atoms with Gasteiger partial charge in [-0.2, -0.15) is 26.3 Å². The summed E-state index contributed by atoms with van der Waals surface area (Å²) in [5.74, 6) is 0. The Hall–Kier alpha value is -5.41. The molecule has 1 saturated heterocycles. The molecule has 1 aliphatic heterocycles. The second-order valence-corrected chi connectivity index (χ2v) is 12.3. The molecule has 4 atom stereocenters. The third-order valence-corrected chi connectivity index (χ3v) is 8.85. The molecular weight excluding hydrogens is 694 g/mol. The van der Waals surface area contributed by atoms with Gasteiger partial charge < -0.3 is 30.4 Å². The van der Waals surface area contributed by atoms with Crippen LogP contribution in [0.25, 0.3) is 0 Å². The second kappa shape index (κ2) is 15.9. The molecule has 15 heteroatoms. The van der Waals surface area contributed by atoms with E-state index in [1.54, 1.807) is 60.7 Å². The first-order chi connectivity index (χ1) is 24.7. The Labute approximate surface area is 294 Å². The molecule has 5 rings (SSSR count). The van der Waals surface area contributed by atoms with Crippen LogP contribution in [0.4, 0.5) is 31.1 Å². The summed E-state index contributed by atoms with van der Waals surface area (Å²) >= 11 is 0. The number of benzene rings is 4. The highest BCUT2D eigenvalue weighted by molar-refractivity contribution is 6.04. The number of hydrogen-bond acceptors (Lipinski definition) is 7. The first-order valence-electron chi connectivity index (χ1n) is 16.0. The van der Waals surface area contributed by atoms with E-state index in [-0.39, 0.29) is 37.1 Å². The van der Waals surface area contributed by atoms with Crippen molar-refractivity contribution in [2.75, 3.05) is 0 Å². The van der Waals surface area contributed by atoms with Gasteiger partial charge in [0.15, 0.2) is 11.4 Å². The van der Waals surface area contributed by atoms with Gasteiger partial charge in [-0.3, -0.25) is 0 Å². The van der Waals surface area contributed by atoms with E-state index in [9.17, 15) is 41.4 Å². The van der Waals surface area contributed by atoms with Gasteiger partial charge in [0.05, 0.1) is 12.1 Å². The lowest BCUT2D eigenvalue weighted by atomic mass is 9.90. The molecule has 0 saturated carbocycles. The number of nitrogens with zero attached hydrogens (tertiary/aromatic N) is 4. The number of aliphatic hydroxyl groups excluding tert-OH is 2. The van der Waals surface area contributed by atoms with Crippen LogP contribution < -0.4 is 0 Å². The highest BCUT2D eigenvalue weighted by Crippen LogP contribution is 2.31. The number of oxime groups is 2. The predicted octanol–water partition coefficient (Wildman–Crippen LogP) is 6.55. The molecule has 4 aromatic carbocycles. The predicted molar refractivity (Wildman–Crippen MR) is 178 cm³/mol.